The lowest BCUT2D eigenvalue weighted by molar-refractivity contribution is 0.598. The molecule has 0 aliphatic heterocycles. The van der Waals surface area contributed by atoms with E-state index in [0.29, 0.717) is 18.1 Å². The number of hydrogen-bond acceptors (Lipinski definition) is 5. The van der Waals surface area contributed by atoms with Gasteiger partial charge in [0, 0.05) is 17.1 Å². The van der Waals surface area contributed by atoms with Crippen LogP contribution in [0.15, 0.2) is 30.3 Å². The average Bonchev–Trinajstić information content (AvgIpc) is 2.44. The SMILES string of the molecule is CCCCS(=O)(=O)Nc1cccc(Nc2nc(C)cc(C)n2)c1. The van der Waals surface area contributed by atoms with Crippen LogP contribution in [0.4, 0.5) is 17.3 Å². The third-order valence-electron chi connectivity index (χ3n) is 3.14. The van der Waals surface area contributed by atoms with Gasteiger partial charge in [0.25, 0.3) is 0 Å². The predicted molar refractivity (Wildman–Crippen MR) is 93.5 cm³/mol. The van der Waals surface area contributed by atoms with E-state index in [0.717, 1.165) is 23.5 Å². The van der Waals surface area contributed by atoms with Crippen LogP contribution in [-0.2, 0) is 10.0 Å². The minimum absolute atomic E-state index is 0.126. The Bertz CT molecular complexity index is 755. The lowest BCUT2D eigenvalue weighted by Gasteiger charge is -2.10. The van der Waals surface area contributed by atoms with Gasteiger partial charge in [0.05, 0.1) is 11.4 Å². The molecular weight excluding hydrogens is 312 g/mol. The molecule has 2 N–H and O–H groups in total. The Hall–Kier alpha value is -2.15. The van der Waals surface area contributed by atoms with Gasteiger partial charge in [-0.15, -0.1) is 0 Å². The summed E-state index contributed by atoms with van der Waals surface area (Å²) in [5, 5.41) is 3.10. The summed E-state index contributed by atoms with van der Waals surface area (Å²) in [6.07, 6.45) is 1.48. The van der Waals surface area contributed by atoms with Gasteiger partial charge < -0.3 is 5.32 Å². The molecule has 0 amide bonds. The molecule has 2 aromatic rings. The van der Waals surface area contributed by atoms with Crippen molar-refractivity contribution in [2.45, 2.75) is 33.6 Å². The highest BCUT2D eigenvalue weighted by Crippen LogP contribution is 2.19. The fraction of sp³-hybridized carbons (Fsp3) is 0.375. The van der Waals surface area contributed by atoms with Gasteiger partial charge in [0.1, 0.15) is 0 Å². The van der Waals surface area contributed by atoms with Crippen LogP contribution in [0.2, 0.25) is 0 Å². The summed E-state index contributed by atoms with van der Waals surface area (Å²) in [5.74, 6) is 0.620. The number of aryl methyl sites for hydroxylation is 2. The molecule has 0 saturated heterocycles. The molecule has 1 aromatic carbocycles. The maximum atomic E-state index is 12.0. The zero-order chi connectivity index (χ0) is 16.9. The minimum atomic E-state index is -3.31. The van der Waals surface area contributed by atoms with E-state index in [-0.39, 0.29) is 5.75 Å². The van der Waals surface area contributed by atoms with Gasteiger partial charge in [-0.05, 0) is 44.5 Å². The molecule has 0 atom stereocenters. The van der Waals surface area contributed by atoms with E-state index in [2.05, 4.69) is 20.0 Å². The monoisotopic (exact) mass is 334 g/mol. The van der Waals surface area contributed by atoms with Crippen molar-refractivity contribution in [2.24, 2.45) is 0 Å². The largest absolute Gasteiger partial charge is 0.324 e. The van der Waals surface area contributed by atoms with E-state index in [1.807, 2.05) is 32.9 Å². The normalized spacial score (nSPS) is 11.3. The summed E-state index contributed by atoms with van der Waals surface area (Å²) in [6, 6.07) is 8.96. The summed E-state index contributed by atoms with van der Waals surface area (Å²) >= 11 is 0. The molecule has 0 aliphatic rings. The smallest absolute Gasteiger partial charge is 0.232 e. The van der Waals surface area contributed by atoms with Crippen molar-refractivity contribution in [2.75, 3.05) is 15.8 Å². The molecule has 1 heterocycles. The van der Waals surface area contributed by atoms with Crippen molar-refractivity contribution in [3.05, 3.63) is 41.7 Å². The summed E-state index contributed by atoms with van der Waals surface area (Å²) in [4.78, 5) is 8.63. The molecule has 23 heavy (non-hydrogen) atoms. The van der Waals surface area contributed by atoms with Crippen LogP contribution in [0.3, 0.4) is 0 Å². The number of sulfonamides is 1. The quantitative estimate of drug-likeness (QED) is 0.811. The van der Waals surface area contributed by atoms with E-state index in [1.54, 1.807) is 18.2 Å². The predicted octanol–water partition coefficient (Wildman–Crippen LogP) is 3.38. The van der Waals surface area contributed by atoms with Crippen molar-refractivity contribution in [3.8, 4) is 0 Å². The van der Waals surface area contributed by atoms with Gasteiger partial charge in [-0.25, -0.2) is 18.4 Å². The van der Waals surface area contributed by atoms with Gasteiger partial charge in [0.2, 0.25) is 16.0 Å². The lowest BCUT2D eigenvalue weighted by atomic mass is 10.3. The Morgan fingerprint density at radius 3 is 2.35 bits per heavy atom. The van der Waals surface area contributed by atoms with Crippen LogP contribution in [-0.4, -0.2) is 24.1 Å². The average molecular weight is 334 g/mol. The van der Waals surface area contributed by atoms with E-state index in [9.17, 15) is 8.42 Å². The van der Waals surface area contributed by atoms with Crippen molar-refractivity contribution in [3.63, 3.8) is 0 Å². The maximum absolute atomic E-state index is 12.0. The molecule has 0 unspecified atom stereocenters. The van der Waals surface area contributed by atoms with Crippen LogP contribution in [0.1, 0.15) is 31.2 Å². The van der Waals surface area contributed by atoms with Gasteiger partial charge in [-0.1, -0.05) is 19.4 Å². The Morgan fingerprint density at radius 1 is 1.04 bits per heavy atom. The minimum Gasteiger partial charge on any atom is -0.324 e. The number of aromatic nitrogens is 2. The first kappa shape index (κ1) is 17.2. The Morgan fingerprint density at radius 2 is 1.70 bits per heavy atom. The topological polar surface area (TPSA) is 84.0 Å². The van der Waals surface area contributed by atoms with E-state index < -0.39 is 10.0 Å². The van der Waals surface area contributed by atoms with Crippen molar-refractivity contribution in [1.29, 1.82) is 0 Å². The summed E-state index contributed by atoms with van der Waals surface area (Å²) in [7, 11) is -3.31. The molecule has 0 bridgehead atoms. The van der Waals surface area contributed by atoms with Crippen molar-refractivity contribution >= 4 is 27.3 Å². The highest BCUT2D eigenvalue weighted by atomic mass is 32.2. The standard InChI is InChI=1S/C16H22N4O2S/c1-4-5-9-23(21,22)20-15-8-6-7-14(11-15)19-16-17-12(2)10-13(3)18-16/h6-8,10-11,20H,4-5,9H2,1-3H3,(H,17,18,19). The van der Waals surface area contributed by atoms with Crippen molar-refractivity contribution < 1.29 is 8.42 Å². The fourth-order valence-corrected chi connectivity index (χ4v) is 3.39. The number of unbranched alkanes of at least 4 members (excludes halogenated alkanes) is 1. The van der Waals surface area contributed by atoms with Gasteiger partial charge >= 0.3 is 0 Å². The molecule has 0 saturated carbocycles. The van der Waals surface area contributed by atoms with Crippen LogP contribution >= 0.6 is 0 Å². The summed E-state index contributed by atoms with van der Waals surface area (Å²) in [5.41, 5.74) is 2.99. The van der Waals surface area contributed by atoms with Crippen LogP contribution in [0, 0.1) is 13.8 Å². The molecule has 7 heteroatoms. The van der Waals surface area contributed by atoms with Crippen molar-refractivity contribution in [1.82, 2.24) is 9.97 Å². The third-order valence-corrected chi connectivity index (χ3v) is 4.51. The number of nitrogens with zero attached hydrogens (tertiary/aromatic N) is 2. The summed E-state index contributed by atoms with van der Waals surface area (Å²) < 4.78 is 26.5. The number of benzene rings is 1. The first-order valence-electron chi connectivity index (χ1n) is 7.58. The number of hydrogen-bond donors (Lipinski definition) is 2. The summed E-state index contributed by atoms with van der Waals surface area (Å²) in [6.45, 7) is 5.76. The second kappa shape index (κ2) is 7.41. The lowest BCUT2D eigenvalue weighted by Crippen LogP contribution is -2.16. The molecule has 0 radical (unpaired) electrons. The Balaban J connectivity index is 2.13. The second-order valence-corrected chi connectivity index (χ2v) is 7.30. The first-order chi connectivity index (χ1) is 10.9. The van der Waals surface area contributed by atoms with Crippen LogP contribution in [0.25, 0.3) is 0 Å². The maximum Gasteiger partial charge on any atom is 0.232 e. The highest BCUT2D eigenvalue weighted by molar-refractivity contribution is 7.92. The molecule has 124 valence electrons. The van der Waals surface area contributed by atoms with Gasteiger partial charge in [-0.2, -0.15) is 0 Å². The zero-order valence-corrected chi connectivity index (χ0v) is 14.4. The highest BCUT2D eigenvalue weighted by Gasteiger charge is 2.10. The van der Waals surface area contributed by atoms with Gasteiger partial charge in [-0.3, -0.25) is 4.72 Å². The molecule has 6 nitrogen and oxygen atoms in total. The second-order valence-electron chi connectivity index (χ2n) is 5.45. The number of nitrogens with one attached hydrogen (secondary N) is 2. The molecular formula is C16H22N4O2S. The molecule has 2 rings (SSSR count). The zero-order valence-electron chi connectivity index (χ0n) is 13.6. The van der Waals surface area contributed by atoms with E-state index >= 15 is 0 Å². The molecule has 0 fully saturated rings. The Labute approximate surface area is 137 Å². The number of anilines is 3. The number of rotatable bonds is 7. The molecule has 0 aliphatic carbocycles. The van der Waals surface area contributed by atoms with Gasteiger partial charge in [0.15, 0.2) is 0 Å². The van der Waals surface area contributed by atoms with E-state index in [1.165, 1.54) is 0 Å². The van der Waals surface area contributed by atoms with Crippen LogP contribution in [0.5, 0.6) is 0 Å². The fourth-order valence-electron chi connectivity index (χ4n) is 2.14. The third kappa shape index (κ3) is 5.52. The Kier molecular flexibility index (Phi) is 5.54. The van der Waals surface area contributed by atoms with Crippen LogP contribution < -0.4 is 10.0 Å². The van der Waals surface area contributed by atoms with E-state index in [4.69, 9.17) is 0 Å². The molecule has 0 spiro atoms. The first-order valence-corrected chi connectivity index (χ1v) is 9.23. The molecule has 1 aromatic heterocycles.